The van der Waals surface area contributed by atoms with Crippen molar-refractivity contribution in [2.24, 2.45) is 0 Å². The van der Waals surface area contributed by atoms with Crippen molar-refractivity contribution in [3.05, 3.63) is 45.4 Å². The van der Waals surface area contributed by atoms with Gasteiger partial charge in [0, 0.05) is 25.1 Å². The maximum atomic E-state index is 12.8. The predicted octanol–water partition coefficient (Wildman–Crippen LogP) is 3.69. The van der Waals surface area contributed by atoms with Crippen molar-refractivity contribution in [3.8, 4) is 5.75 Å². The fourth-order valence-electron chi connectivity index (χ4n) is 2.74. The molecule has 0 radical (unpaired) electrons. The van der Waals surface area contributed by atoms with Crippen molar-refractivity contribution in [2.75, 3.05) is 27.4 Å². The standard InChI is InChI=1S/C19H27N3O3S/c1-13(18-14(2)26-15(3)21-18)20-19(23)22(9-10-24-4)12-16-7-6-8-17(11-16)25-5/h6-8,11,13H,9-10,12H2,1-5H3,(H,20,23)/t13-/m1/s1. The van der Waals surface area contributed by atoms with Gasteiger partial charge in [0.25, 0.3) is 0 Å². The van der Waals surface area contributed by atoms with Crippen LogP contribution >= 0.6 is 11.3 Å². The van der Waals surface area contributed by atoms with Gasteiger partial charge in [0.15, 0.2) is 0 Å². The van der Waals surface area contributed by atoms with Crippen LogP contribution in [0.5, 0.6) is 5.75 Å². The van der Waals surface area contributed by atoms with Gasteiger partial charge < -0.3 is 19.7 Å². The van der Waals surface area contributed by atoms with E-state index in [0.29, 0.717) is 19.7 Å². The second kappa shape index (κ2) is 9.54. The van der Waals surface area contributed by atoms with E-state index in [2.05, 4.69) is 10.3 Å². The Balaban J connectivity index is 2.09. The Kier molecular flexibility index (Phi) is 7.41. The number of benzene rings is 1. The third-order valence-electron chi connectivity index (χ3n) is 4.05. The summed E-state index contributed by atoms with van der Waals surface area (Å²) in [6, 6.07) is 7.44. The van der Waals surface area contributed by atoms with Crippen LogP contribution in [0.15, 0.2) is 24.3 Å². The van der Waals surface area contributed by atoms with Gasteiger partial charge in [-0.1, -0.05) is 12.1 Å². The highest BCUT2D eigenvalue weighted by Crippen LogP contribution is 2.23. The summed E-state index contributed by atoms with van der Waals surface area (Å²) in [6.45, 7) is 7.42. The molecule has 142 valence electrons. The lowest BCUT2D eigenvalue weighted by atomic mass is 10.2. The van der Waals surface area contributed by atoms with E-state index in [9.17, 15) is 4.79 Å². The number of amides is 2. The zero-order valence-electron chi connectivity index (χ0n) is 16.0. The highest BCUT2D eigenvalue weighted by atomic mass is 32.1. The van der Waals surface area contributed by atoms with Crippen LogP contribution in [0.2, 0.25) is 0 Å². The molecule has 0 aliphatic heterocycles. The zero-order chi connectivity index (χ0) is 19.1. The van der Waals surface area contributed by atoms with Gasteiger partial charge in [0.1, 0.15) is 5.75 Å². The molecule has 0 aliphatic rings. The number of aryl methyl sites for hydroxylation is 2. The first kappa shape index (κ1) is 20.2. The molecular formula is C19H27N3O3S. The molecule has 7 heteroatoms. The molecule has 0 saturated carbocycles. The number of methoxy groups -OCH3 is 2. The molecule has 1 aromatic carbocycles. The number of nitrogens with one attached hydrogen (secondary N) is 1. The van der Waals surface area contributed by atoms with Crippen LogP contribution in [0, 0.1) is 13.8 Å². The van der Waals surface area contributed by atoms with E-state index in [-0.39, 0.29) is 12.1 Å². The first-order valence-corrected chi connectivity index (χ1v) is 9.37. The van der Waals surface area contributed by atoms with Crippen molar-refractivity contribution in [1.82, 2.24) is 15.2 Å². The van der Waals surface area contributed by atoms with E-state index in [1.165, 1.54) is 0 Å². The summed E-state index contributed by atoms with van der Waals surface area (Å²) >= 11 is 1.64. The monoisotopic (exact) mass is 377 g/mol. The molecule has 0 saturated heterocycles. The maximum absolute atomic E-state index is 12.8. The molecule has 0 unspecified atom stereocenters. The predicted molar refractivity (Wildman–Crippen MR) is 104 cm³/mol. The topological polar surface area (TPSA) is 63.7 Å². The first-order chi connectivity index (χ1) is 12.4. The first-order valence-electron chi connectivity index (χ1n) is 8.55. The minimum absolute atomic E-state index is 0.137. The Bertz CT molecular complexity index is 733. The van der Waals surface area contributed by atoms with Crippen LogP contribution in [0.1, 0.15) is 34.1 Å². The zero-order valence-corrected chi connectivity index (χ0v) is 16.9. The van der Waals surface area contributed by atoms with Crippen molar-refractivity contribution in [1.29, 1.82) is 0 Å². The molecule has 1 heterocycles. The molecule has 0 aliphatic carbocycles. The fraction of sp³-hybridized carbons (Fsp3) is 0.474. The van der Waals surface area contributed by atoms with Gasteiger partial charge in [-0.15, -0.1) is 11.3 Å². The van der Waals surface area contributed by atoms with Crippen LogP contribution < -0.4 is 10.1 Å². The van der Waals surface area contributed by atoms with Crippen molar-refractivity contribution in [3.63, 3.8) is 0 Å². The van der Waals surface area contributed by atoms with Gasteiger partial charge >= 0.3 is 6.03 Å². The highest BCUT2D eigenvalue weighted by molar-refractivity contribution is 7.11. The molecule has 2 amide bonds. The Morgan fingerprint density at radius 2 is 2.12 bits per heavy atom. The van der Waals surface area contributed by atoms with Gasteiger partial charge in [-0.05, 0) is 38.5 Å². The minimum Gasteiger partial charge on any atom is -0.497 e. The van der Waals surface area contributed by atoms with E-state index >= 15 is 0 Å². The van der Waals surface area contributed by atoms with Gasteiger partial charge in [-0.25, -0.2) is 9.78 Å². The average Bonchev–Trinajstić information content (AvgIpc) is 2.97. The molecular weight excluding hydrogens is 350 g/mol. The van der Waals surface area contributed by atoms with Gasteiger partial charge in [-0.2, -0.15) is 0 Å². The number of hydrogen-bond acceptors (Lipinski definition) is 5. The number of hydrogen-bond donors (Lipinski definition) is 1. The molecule has 0 spiro atoms. The molecule has 1 atom stereocenters. The number of nitrogens with zero attached hydrogens (tertiary/aromatic N) is 2. The molecule has 0 bridgehead atoms. The van der Waals surface area contributed by atoms with Crippen LogP contribution in [-0.4, -0.2) is 43.3 Å². The summed E-state index contributed by atoms with van der Waals surface area (Å²) in [6.07, 6.45) is 0. The lowest BCUT2D eigenvalue weighted by molar-refractivity contribution is 0.145. The second-order valence-electron chi connectivity index (χ2n) is 6.11. The van der Waals surface area contributed by atoms with Crippen molar-refractivity contribution in [2.45, 2.75) is 33.4 Å². The van der Waals surface area contributed by atoms with Gasteiger partial charge in [-0.3, -0.25) is 0 Å². The van der Waals surface area contributed by atoms with E-state index in [0.717, 1.165) is 26.9 Å². The van der Waals surface area contributed by atoms with Crippen LogP contribution in [-0.2, 0) is 11.3 Å². The van der Waals surface area contributed by atoms with Gasteiger partial charge in [0.2, 0.25) is 0 Å². The summed E-state index contributed by atoms with van der Waals surface area (Å²) in [7, 11) is 3.26. The third-order valence-corrected chi connectivity index (χ3v) is 4.95. The van der Waals surface area contributed by atoms with Crippen LogP contribution in [0.3, 0.4) is 0 Å². The SMILES string of the molecule is COCCN(Cc1cccc(OC)c1)C(=O)N[C@H](C)c1nc(C)sc1C. The lowest BCUT2D eigenvalue weighted by Gasteiger charge is -2.25. The molecule has 1 N–H and O–H groups in total. The summed E-state index contributed by atoms with van der Waals surface area (Å²) in [5.41, 5.74) is 1.93. The van der Waals surface area contributed by atoms with E-state index in [4.69, 9.17) is 9.47 Å². The second-order valence-corrected chi connectivity index (χ2v) is 7.52. The molecule has 26 heavy (non-hydrogen) atoms. The van der Waals surface area contributed by atoms with Crippen LogP contribution in [0.4, 0.5) is 4.79 Å². The fourth-order valence-corrected chi connectivity index (χ4v) is 3.65. The summed E-state index contributed by atoms with van der Waals surface area (Å²) < 4.78 is 10.4. The largest absolute Gasteiger partial charge is 0.497 e. The number of carbonyl (C=O) groups excluding carboxylic acids is 1. The Labute approximate surface area is 159 Å². The molecule has 1 aromatic heterocycles. The Morgan fingerprint density at radius 1 is 1.35 bits per heavy atom. The number of rotatable bonds is 8. The third kappa shape index (κ3) is 5.44. The highest BCUT2D eigenvalue weighted by Gasteiger charge is 2.20. The quantitative estimate of drug-likeness (QED) is 0.762. The minimum atomic E-state index is -0.150. The number of urea groups is 1. The molecule has 2 aromatic rings. The van der Waals surface area contributed by atoms with Crippen molar-refractivity contribution < 1.29 is 14.3 Å². The Morgan fingerprint density at radius 3 is 2.73 bits per heavy atom. The maximum Gasteiger partial charge on any atom is 0.318 e. The number of aromatic nitrogens is 1. The van der Waals surface area contributed by atoms with E-state index in [1.54, 1.807) is 30.5 Å². The van der Waals surface area contributed by atoms with Crippen LogP contribution in [0.25, 0.3) is 0 Å². The summed E-state index contributed by atoms with van der Waals surface area (Å²) in [5.74, 6) is 0.775. The number of thiazole rings is 1. The van der Waals surface area contributed by atoms with Gasteiger partial charge in [0.05, 0.1) is 30.5 Å². The normalized spacial score (nSPS) is 11.9. The molecule has 6 nitrogen and oxygen atoms in total. The van der Waals surface area contributed by atoms with E-state index < -0.39 is 0 Å². The molecule has 0 fully saturated rings. The van der Waals surface area contributed by atoms with E-state index in [1.807, 2.05) is 45.0 Å². The Hall–Kier alpha value is -2.12. The number of ether oxygens (including phenoxy) is 2. The van der Waals surface area contributed by atoms with Crippen molar-refractivity contribution >= 4 is 17.4 Å². The summed E-state index contributed by atoms with van der Waals surface area (Å²) in [5, 5.41) is 4.06. The molecule has 2 rings (SSSR count). The number of carbonyl (C=O) groups is 1. The summed E-state index contributed by atoms with van der Waals surface area (Å²) in [4.78, 5) is 20.2. The smallest absolute Gasteiger partial charge is 0.318 e. The lowest BCUT2D eigenvalue weighted by Crippen LogP contribution is -2.42. The average molecular weight is 378 g/mol.